The van der Waals surface area contributed by atoms with E-state index in [2.05, 4.69) is 21.8 Å². The van der Waals surface area contributed by atoms with Crippen molar-refractivity contribution in [3.05, 3.63) is 41.8 Å². The molecule has 0 saturated carbocycles. The van der Waals surface area contributed by atoms with Gasteiger partial charge in [0.1, 0.15) is 5.82 Å². The van der Waals surface area contributed by atoms with Gasteiger partial charge in [-0.25, -0.2) is 4.39 Å². The molecule has 4 nitrogen and oxygen atoms in total. The van der Waals surface area contributed by atoms with E-state index in [-0.39, 0.29) is 5.82 Å². The van der Waals surface area contributed by atoms with Crippen molar-refractivity contribution in [2.24, 2.45) is 13.0 Å². The molecule has 27 heavy (non-hydrogen) atoms. The number of likely N-dealkylation sites (tertiary alicyclic amines) is 2. The van der Waals surface area contributed by atoms with Crippen molar-refractivity contribution in [3.63, 3.8) is 0 Å². The third-order valence-electron chi connectivity index (χ3n) is 6.46. The highest BCUT2D eigenvalue weighted by atomic mass is 19.1. The number of benzene rings is 1. The minimum absolute atomic E-state index is 0.199. The highest BCUT2D eigenvalue weighted by Crippen LogP contribution is 2.29. The standard InChI is InChI=1S/C22H31FN4/c1-17(27-11-5-6-12-27)18-9-13-26(14-10-18)16-19-15-25(2)24-22(19)20-7-3-4-8-21(20)23/h3-4,7-8,15,17-18H,5-6,9-14,16H2,1-2H3. The summed E-state index contributed by atoms with van der Waals surface area (Å²) in [5, 5.41) is 4.55. The van der Waals surface area contributed by atoms with Crippen molar-refractivity contribution in [2.45, 2.75) is 45.2 Å². The van der Waals surface area contributed by atoms with Gasteiger partial charge in [-0.15, -0.1) is 0 Å². The molecule has 1 atom stereocenters. The summed E-state index contributed by atoms with van der Waals surface area (Å²) in [4.78, 5) is 5.19. The van der Waals surface area contributed by atoms with Crippen LogP contribution < -0.4 is 0 Å². The maximum atomic E-state index is 14.3. The molecule has 2 aromatic rings. The molecule has 0 radical (unpaired) electrons. The predicted octanol–water partition coefficient (Wildman–Crippen LogP) is 3.92. The van der Waals surface area contributed by atoms with E-state index in [0.717, 1.165) is 36.8 Å². The van der Waals surface area contributed by atoms with E-state index in [0.29, 0.717) is 11.6 Å². The first-order valence-corrected chi connectivity index (χ1v) is 10.4. The van der Waals surface area contributed by atoms with Gasteiger partial charge < -0.3 is 4.90 Å². The van der Waals surface area contributed by atoms with Gasteiger partial charge in [0.15, 0.2) is 0 Å². The first kappa shape index (κ1) is 18.6. The van der Waals surface area contributed by atoms with Gasteiger partial charge in [0.2, 0.25) is 0 Å². The summed E-state index contributed by atoms with van der Waals surface area (Å²) in [6, 6.07) is 7.65. The topological polar surface area (TPSA) is 24.3 Å². The number of aryl methyl sites for hydroxylation is 1. The molecule has 4 rings (SSSR count). The minimum Gasteiger partial charge on any atom is -0.300 e. The Morgan fingerprint density at radius 1 is 1.11 bits per heavy atom. The summed E-state index contributed by atoms with van der Waals surface area (Å²) in [7, 11) is 1.91. The number of hydrogen-bond donors (Lipinski definition) is 0. The van der Waals surface area contributed by atoms with Crippen LogP contribution in [0.25, 0.3) is 11.3 Å². The molecule has 3 heterocycles. The van der Waals surface area contributed by atoms with Crippen LogP contribution in [0.2, 0.25) is 0 Å². The normalized spacial score (nSPS) is 21.0. The summed E-state index contributed by atoms with van der Waals surface area (Å²) in [5.41, 5.74) is 2.50. The van der Waals surface area contributed by atoms with E-state index in [1.54, 1.807) is 10.7 Å². The van der Waals surface area contributed by atoms with Crippen LogP contribution in [-0.2, 0) is 13.6 Å². The zero-order valence-electron chi connectivity index (χ0n) is 16.6. The van der Waals surface area contributed by atoms with Gasteiger partial charge in [0.25, 0.3) is 0 Å². The van der Waals surface area contributed by atoms with Crippen molar-refractivity contribution in [3.8, 4) is 11.3 Å². The molecule has 0 amide bonds. The van der Waals surface area contributed by atoms with Gasteiger partial charge in [-0.2, -0.15) is 5.10 Å². The summed E-state index contributed by atoms with van der Waals surface area (Å²) >= 11 is 0. The highest BCUT2D eigenvalue weighted by molar-refractivity contribution is 5.63. The highest BCUT2D eigenvalue weighted by Gasteiger charge is 2.29. The fourth-order valence-corrected chi connectivity index (χ4v) is 4.81. The van der Waals surface area contributed by atoms with Crippen LogP contribution in [-0.4, -0.2) is 51.8 Å². The number of nitrogens with zero attached hydrogens (tertiary/aromatic N) is 4. The van der Waals surface area contributed by atoms with Crippen LogP contribution in [0, 0.1) is 11.7 Å². The predicted molar refractivity (Wildman–Crippen MR) is 107 cm³/mol. The van der Waals surface area contributed by atoms with Gasteiger partial charge in [-0.05, 0) is 76.8 Å². The van der Waals surface area contributed by atoms with E-state index in [1.165, 1.54) is 44.8 Å². The molecule has 2 aliphatic heterocycles. The molecular formula is C22H31FN4. The Hall–Kier alpha value is -1.72. The molecule has 146 valence electrons. The van der Waals surface area contributed by atoms with Crippen LogP contribution in [0.5, 0.6) is 0 Å². The number of aromatic nitrogens is 2. The zero-order chi connectivity index (χ0) is 18.8. The number of piperidine rings is 1. The maximum Gasteiger partial charge on any atom is 0.132 e. The van der Waals surface area contributed by atoms with Gasteiger partial charge in [0.05, 0.1) is 5.69 Å². The van der Waals surface area contributed by atoms with E-state index in [9.17, 15) is 4.39 Å². The first-order valence-electron chi connectivity index (χ1n) is 10.4. The monoisotopic (exact) mass is 370 g/mol. The van der Waals surface area contributed by atoms with Gasteiger partial charge >= 0.3 is 0 Å². The Labute approximate surface area is 162 Å². The van der Waals surface area contributed by atoms with E-state index in [1.807, 2.05) is 25.4 Å². The Morgan fingerprint density at radius 3 is 2.52 bits per heavy atom. The third kappa shape index (κ3) is 4.09. The Bertz CT molecular complexity index is 757. The van der Waals surface area contributed by atoms with Crippen LogP contribution >= 0.6 is 0 Å². The lowest BCUT2D eigenvalue weighted by Crippen LogP contribution is -2.42. The Kier molecular flexibility index (Phi) is 5.60. The molecule has 1 aromatic heterocycles. The molecular weight excluding hydrogens is 339 g/mol. The van der Waals surface area contributed by atoms with E-state index in [4.69, 9.17) is 0 Å². The SMILES string of the molecule is CC(C1CCN(Cc2cn(C)nc2-c2ccccc2F)CC1)N1CCCC1. The molecule has 2 fully saturated rings. The molecule has 2 aliphatic rings. The van der Waals surface area contributed by atoms with Crippen LogP contribution in [0.15, 0.2) is 30.5 Å². The molecule has 1 unspecified atom stereocenters. The van der Waals surface area contributed by atoms with Gasteiger partial charge in [-0.1, -0.05) is 12.1 Å². The van der Waals surface area contributed by atoms with Crippen LogP contribution in [0.4, 0.5) is 4.39 Å². The summed E-state index contributed by atoms with van der Waals surface area (Å²) in [6.45, 7) is 8.07. The summed E-state index contributed by atoms with van der Waals surface area (Å²) in [6.07, 6.45) is 7.28. The molecule has 1 aromatic carbocycles. The molecule has 5 heteroatoms. The largest absolute Gasteiger partial charge is 0.300 e. The first-order chi connectivity index (χ1) is 13.1. The molecule has 2 saturated heterocycles. The Morgan fingerprint density at radius 2 is 1.81 bits per heavy atom. The second kappa shape index (κ2) is 8.11. The second-order valence-corrected chi connectivity index (χ2v) is 8.25. The van der Waals surface area contributed by atoms with Gasteiger partial charge in [0, 0.05) is 37.0 Å². The molecule has 0 spiro atoms. The lowest BCUT2D eigenvalue weighted by Gasteiger charge is -2.38. The van der Waals surface area contributed by atoms with Crippen molar-refractivity contribution in [2.75, 3.05) is 26.2 Å². The molecule has 0 bridgehead atoms. The van der Waals surface area contributed by atoms with Crippen molar-refractivity contribution >= 4 is 0 Å². The number of halogens is 1. The lowest BCUT2D eigenvalue weighted by atomic mass is 9.89. The van der Waals surface area contributed by atoms with Crippen LogP contribution in [0.1, 0.15) is 38.2 Å². The second-order valence-electron chi connectivity index (χ2n) is 8.25. The Balaban J connectivity index is 1.40. The minimum atomic E-state index is -0.199. The number of rotatable bonds is 5. The smallest absolute Gasteiger partial charge is 0.132 e. The van der Waals surface area contributed by atoms with Crippen molar-refractivity contribution in [1.82, 2.24) is 19.6 Å². The van der Waals surface area contributed by atoms with E-state index >= 15 is 0 Å². The zero-order valence-corrected chi connectivity index (χ0v) is 16.6. The fourth-order valence-electron chi connectivity index (χ4n) is 4.81. The van der Waals surface area contributed by atoms with Gasteiger partial charge in [-0.3, -0.25) is 9.58 Å². The quantitative estimate of drug-likeness (QED) is 0.797. The van der Waals surface area contributed by atoms with E-state index < -0.39 is 0 Å². The fraction of sp³-hybridized carbons (Fsp3) is 0.591. The number of hydrogen-bond acceptors (Lipinski definition) is 3. The van der Waals surface area contributed by atoms with Crippen molar-refractivity contribution in [1.29, 1.82) is 0 Å². The summed E-state index contributed by atoms with van der Waals surface area (Å²) < 4.78 is 16.1. The molecule has 0 N–H and O–H groups in total. The lowest BCUT2D eigenvalue weighted by molar-refractivity contribution is 0.108. The summed E-state index contributed by atoms with van der Waals surface area (Å²) in [5.74, 6) is 0.606. The average molecular weight is 371 g/mol. The maximum absolute atomic E-state index is 14.3. The average Bonchev–Trinajstić information content (AvgIpc) is 3.32. The van der Waals surface area contributed by atoms with Crippen LogP contribution in [0.3, 0.4) is 0 Å². The third-order valence-corrected chi connectivity index (χ3v) is 6.46. The van der Waals surface area contributed by atoms with Crippen molar-refractivity contribution < 1.29 is 4.39 Å². The molecule has 0 aliphatic carbocycles.